The number of nitrogens with two attached hydrogens (primary N) is 1. The largest absolute Gasteiger partial charge is 0.490 e. The lowest BCUT2D eigenvalue weighted by Crippen LogP contribution is -2.24. The van der Waals surface area contributed by atoms with Gasteiger partial charge in [-0.15, -0.1) is 0 Å². The van der Waals surface area contributed by atoms with Crippen LogP contribution in [-0.2, 0) is 4.74 Å². The Balaban J connectivity index is 1.46. The summed E-state index contributed by atoms with van der Waals surface area (Å²) in [6.45, 7) is 2.12. The van der Waals surface area contributed by atoms with E-state index in [1.54, 1.807) is 7.11 Å². The lowest BCUT2D eigenvalue weighted by Gasteiger charge is -2.27. The molecule has 1 aromatic carbocycles. The second kappa shape index (κ2) is 8.94. The fourth-order valence-electron chi connectivity index (χ4n) is 3.45. The highest BCUT2D eigenvalue weighted by molar-refractivity contribution is 5.92. The molecule has 3 rings (SSSR count). The number of hydrogen-bond acceptors (Lipinski definition) is 4. The average Bonchev–Trinajstić information content (AvgIpc) is 2.87. The van der Waals surface area contributed by atoms with E-state index in [-0.39, 0.29) is 0 Å². The molecule has 1 fully saturated rings. The van der Waals surface area contributed by atoms with E-state index in [4.69, 9.17) is 19.9 Å². The van der Waals surface area contributed by atoms with Crippen LogP contribution in [0.1, 0.15) is 38.5 Å². The molecule has 25 heavy (non-hydrogen) atoms. The smallest absolute Gasteiger partial charge is 0.193 e. The summed E-state index contributed by atoms with van der Waals surface area (Å²) in [5.41, 5.74) is 6.89. The van der Waals surface area contributed by atoms with Crippen molar-refractivity contribution in [2.75, 3.05) is 32.2 Å². The van der Waals surface area contributed by atoms with Crippen molar-refractivity contribution in [2.45, 2.75) is 44.6 Å². The summed E-state index contributed by atoms with van der Waals surface area (Å²) in [4.78, 5) is 4.46. The molecule has 6 heteroatoms. The standard InChI is InChI=1S/C19H29N3O3/c1-23-16-6-3-14(4-7-16)9-10-21-19(20)22-15-5-8-17-18(13-15)25-12-2-11-24-17/h5,8,13-14,16H,2-4,6-7,9-12H2,1H3,(H3,20,21,22). The van der Waals surface area contributed by atoms with E-state index in [2.05, 4.69) is 10.3 Å². The topological polar surface area (TPSA) is 78.1 Å². The molecule has 0 atom stereocenters. The van der Waals surface area contributed by atoms with Crippen LogP contribution in [0.2, 0.25) is 0 Å². The summed E-state index contributed by atoms with van der Waals surface area (Å²) in [6.07, 6.45) is 7.21. The first kappa shape index (κ1) is 17.9. The van der Waals surface area contributed by atoms with Crippen LogP contribution >= 0.6 is 0 Å². The van der Waals surface area contributed by atoms with Gasteiger partial charge in [0, 0.05) is 31.8 Å². The Hall–Kier alpha value is -1.95. The van der Waals surface area contributed by atoms with Crippen LogP contribution in [0.25, 0.3) is 0 Å². The second-order valence-corrected chi connectivity index (χ2v) is 6.77. The van der Waals surface area contributed by atoms with Gasteiger partial charge in [0.05, 0.1) is 19.3 Å². The highest BCUT2D eigenvalue weighted by atomic mass is 16.5. The summed E-state index contributed by atoms with van der Waals surface area (Å²) in [7, 11) is 1.81. The van der Waals surface area contributed by atoms with Gasteiger partial charge < -0.3 is 25.3 Å². The number of rotatable bonds is 5. The Labute approximate surface area is 149 Å². The molecule has 1 saturated carbocycles. The molecule has 6 nitrogen and oxygen atoms in total. The van der Waals surface area contributed by atoms with E-state index in [0.29, 0.717) is 25.3 Å². The fourth-order valence-corrected chi connectivity index (χ4v) is 3.45. The third kappa shape index (κ3) is 5.26. The molecule has 2 aliphatic rings. The summed E-state index contributed by atoms with van der Waals surface area (Å²) in [6, 6.07) is 5.75. The van der Waals surface area contributed by atoms with Crippen molar-refractivity contribution in [3.05, 3.63) is 18.2 Å². The highest BCUT2D eigenvalue weighted by Crippen LogP contribution is 2.32. The third-order valence-corrected chi connectivity index (χ3v) is 4.97. The SMILES string of the molecule is COC1CCC(CCN=C(N)Nc2ccc3c(c2)OCCCO3)CC1. The van der Waals surface area contributed by atoms with Gasteiger partial charge in [0.25, 0.3) is 0 Å². The van der Waals surface area contributed by atoms with Gasteiger partial charge in [-0.25, -0.2) is 0 Å². The van der Waals surface area contributed by atoms with Crippen LogP contribution in [0.15, 0.2) is 23.2 Å². The maximum atomic E-state index is 6.02. The summed E-state index contributed by atoms with van der Waals surface area (Å²) in [5, 5.41) is 3.14. The molecule has 1 heterocycles. The van der Waals surface area contributed by atoms with Crippen molar-refractivity contribution in [1.29, 1.82) is 0 Å². The number of nitrogens with one attached hydrogen (secondary N) is 1. The Morgan fingerprint density at radius 1 is 1.20 bits per heavy atom. The quantitative estimate of drug-likeness (QED) is 0.632. The van der Waals surface area contributed by atoms with Crippen LogP contribution in [0.3, 0.4) is 0 Å². The van der Waals surface area contributed by atoms with Crippen molar-refractivity contribution < 1.29 is 14.2 Å². The number of ether oxygens (including phenoxy) is 3. The molecular formula is C19H29N3O3. The number of methoxy groups -OCH3 is 1. The molecule has 0 bridgehead atoms. The van der Waals surface area contributed by atoms with Gasteiger partial charge in [-0.2, -0.15) is 0 Å². The molecule has 0 unspecified atom stereocenters. The number of guanidine groups is 1. The predicted octanol–water partition coefficient (Wildman–Crippen LogP) is 3.17. The van der Waals surface area contributed by atoms with Gasteiger partial charge in [0.2, 0.25) is 0 Å². The van der Waals surface area contributed by atoms with E-state index >= 15 is 0 Å². The van der Waals surface area contributed by atoms with Crippen molar-refractivity contribution in [3.8, 4) is 11.5 Å². The number of benzene rings is 1. The Kier molecular flexibility index (Phi) is 6.39. The van der Waals surface area contributed by atoms with Crippen LogP contribution in [-0.4, -0.2) is 38.9 Å². The first-order valence-corrected chi connectivity index (χ1v) is 9.24. The van der Waals surface area contributed by atoms with E-state index in [1.165, 1.54) is 12.8 Å². The molecule has 0 saturated heterocycles. The third-order valence-electron chi connectivity index (χ3n) is 4.97. The van der Waals surface area contributed by atoms with Crippen LogP contribution in [0.5, 0.6) is 11.5 Å². The van der Waals surface area contributed by atoms with Crippen molar-refractivity contribution in [2.24, 2.45) is 16.6 Å². The molecule has 3 N–H and O–H groups in total. The van der Waals surface area contributed by atoms with Crippen LogP contribution in [0, 0.1) is 5.92 Å². The first-order valence-electron chi connectivity index (χ1n) is 9.24. The summed E-state index contributed by atoms with van der Waals surface area (Å²) in [5.74, 6) is 2.72. The zero-order valence-electron chi connectivity index (χ0n) is 15.0. The number of hydrogen-bond donors (Lipinski definition) is 2. The fraction of sp³-hybridized carbons (Fsp3) is 0.632. The number of aliphatic imine (C=N–C) groups is 1. The van der Waals surface area contributed by atoms with E-state index in [0.717, 1.165) is 55.3 Å². The summed E-state index contributed by atoms with van der Waals surface area (Å²) >= 11 is 0. The molecule has 0 amide bonds. The zero-order chi connectivity index (χ0) is 17.5. The first-order chi connectivity index (χ1) is 12.2. The number of fused-ring (bicyclic) bond motifs is 1. The van der Waals surface area contributed by atoms with Gasteiger partial charge in [-0.3, -0.25) is 4.99 Å². The van der Waals surface area contributed by atoms with Crippen LogP contribution in [0.4, 0.5) is 5.69 Å². The molecule has 0 spiro atoms. The molecule has 0 radical (unpaired) electrons. The lowest BCUT2D eigenvalue weighted by atomic mass is 9.85. The molecule has 138 valence electrons. The van der Waals surface area contributed by atoms with Gasteiger partial charge in [-0.05, 0) is 50.2 Å². The van der Waals surface area contributed by atoms with E-state index in [9.17, 15) is 0 Å². The highest BCUT2D eigenvalue weighted by Gasteiger charge is 2.20. The van der Waals surface area contributed by atoms with Gasteiger partial charge in [0.1, 0.15) is 0 Å². The predicted molar refractivity (Wildman–Crippen MR) is 99.5 cm³/mol. The minimum Gasteiger partial charge on any atom is -0.490 e. The number of anilines is 1. The van der Waals surface area contributed by atoms with Crippen molar-refractivity contribution in [3.63, 3.8) is 0 Å². The average molecular weight is 347 g/mol. The second-order valence-electron chi connectivity index (χ2n) is 6.77. The monoisotopic (exact) mass is 347 g/mol. The van der Waals surface area contributed by atoms with E-state index in [1.807, 2.05) is 18.2 Å². The zero-order valence-corrected chi connectivity index (χ0v) is 15.0. The molecule has 1 aliphatic heterocycles. The molecule has 1 aromatic rings. The van der Waals surface area contributed by atoms with Crippen molar-refractivity contribution >= 4 is 11.6 Å². The maximum Gasteiger partial charge on any atom is 0.193 e. The maximum absolute atomic E-state index is 6.02. The minimum atomic E-state index is 0.445. The Morgan fingerprint density at radius 3 is 2.72 bits per heavy atom. The van der Waals surface area contributed by atoms with Crippen LogP contribution < -0.4 is 20.5 Å². The van der Waals surface area contributed by atoms with Crippen molar-refractivity contribution in [1.82, 2.24) is 0 Å². The Morgan fingerprint density at radius 2 is 1.96 bits per heavy atom. The van der Waals surface area contributed by atoms with Gasteiger partial charge in [0.15, 0.2) is 17.5 Å². The van der Waals surface area contributed by atoms with Gasteiger partial charge in [-0.1, -0.05) is 0 Å². The van der Waals surface area contributed by atoms with E-state index < -0.39 is 0 Å². The lowest BCUT2D eigenvalue weighted by molar-refractivity contribution is 0.0559. The molecule has 1 aliphatic carbocycles. The summed E-state index contributed by atoms with van der Waals surface area (Å²) < 4.78 is 16.7. The molecular weight excluding hydrogens is 318 g/mol. The normalized spacial score (nSPS) is 23.8. The van der Waals surface area contributed by atoms with Gasteiger partial charge >= 0.3 is 0 Å². The molecule has 0 aromatic heterocycles. The number of nitrogens with zero attached hydrogens (tertiary/aromatic N) is 1. The minimum absolute atomic E-state index is 0.445. The Bertz CT molecular complexity index is 583.